The minimum Gasteiger partial charge on any atom is -0.379 e. The predicted octanol–water partition coefficient (Wildman–Crippen LogP) is 1.82. The van der Waals surface area contributed by atoms with Crippen LogP contribution in [0, 0.1) is 0 Å². The fourth-order valence-corrected chi connectivity index (χ4v) is 2.28. The maximum absolute atomic E-state index is 5.37. The van der Waals surface area contributed by atoms with Crippen molar-refractivity contribution in [3.05, 3.63) is 12.7 Å². The van der Waals surface area contributed by atoms with Gasteiger partial charge in [-0.05, 0) is 25.7 Å². The van der Waals surface area contributed by atoms with Crippen LogP contribution in [0.2, 0.25) is 0 Å². The van der Waals surface area contributed by atoms with Gasteiger partial charge in [0.1, 0.15) is 0 Å². The molecule has 2 nitrogen and oxygen atoms in total. The Morgan fingerprint density at radius 2 is 2.00 bits per heavy atom. The van der Waals surface area contributed by atoms with Crippen molar-refractivity contribution in [3.8, 4) is 0 Å². The Morgan fingerprint density at radius 3 is 2.54 bits per heavy atom. The zero-order chi connectivity index (χ0) is 9.15. The van der Waals surface area contributed by atoms with E-state index < -0.39 is 0 Å². The fraction of sp³-hybridized carbons (Fsp3) is 0.818. The van der Waals surface area contributed by atoms with E-state index in [0.29, 0.717) is 5.54 Å². The molecule has 1 saturated heterocycles. The quantitative estimate of drug-likeness (QED) is 0.613. The molecule has 0 amide bonds. The van der Waals surface area contributed by atoms with E-state index in [0.717, 1.165) is 32.7 Å². The molecule has 0 spiro atoms. The first kappa shape index (κ1) is 9.22. The van der Waals surface area contributed by atoms with E-state index in [1.807, 2.05) is 6.08 Å². The molecular formula is C11H19NO. The first-order valence-corrected chi connectivity index (χ1v) is 5.31. The van der Waals surface area contributed by atoms with Crippen molar-refractivity contribution in [3.63, 3.8) is 0 Å². The number of morpholine rings is 1. The van der Waals surface area contributed by atoms with Crippen molar-refractivity contribution < 1.29 is 4.74 Å². The van der Waals surface area contributed by atoms with Crippen molar-refractivity contribution in [2.24, 2.45) is 0 Å². The number of allylic oxidation sites excluding steroid dienone is 1. The molecule has 0 aromatic carbocycles. The molecule has 0 bridgehead atoms. The number of hydrogen-bond acceptors (Lipinski definition) is 2. The smallest absolute Gasteiger partial charge is 0.0594 e. The van der Waals surface area contributed by atoms with E-state index in [-0.39, 0.29) is 0 Å². The molecule has 0 unspecified atom stereocenters. The van der Waals surface area contributed by atoms with Gasteiger partial charge in [-0.3, -0.25) is 4.90 Å². The highest BCUT2D eigenvalue weighted by Gasteiger charge is 2.46. The van der Waals surface area contributed by atoms with Crippen molar-refractivity contribution >= 4 is 0 Å². The summed E-state index contributed by atoms with van der Waals surface area (Å²) in [6, 6.07) is 0. The van der Waals surface area contributed by atoms with Crippen LogP contribution in [0.3, 0.4) is 0 Å². The lowest BCUT2D eigenvalue weighted by molar-refractivity contribution is 0.00764. The second kappa shape index (κ2) is 3.81. The first-order chi connectivity index (χ1) is 6.37. The number of hydrogen-bond donors (Lipinski definition) is 0. The van der Waals surface area contributed by atoms with Gasteiger partial charge in [-0.25, -0.2) is 0 Å². The molecule has 0 atom stereocenters. The summed E-state index contributed by atoms with van der Waals surface area (Å²) in [6.07, 6.45) is 7.29. The van der Waals surface area contributed by atoms with Gasteiger partial charge >= 0.3 is 0 Å². The Hall–Kier alpha value is -0.340. The Labute approximate surface area is 80.6 Å². The summed E-state index contributed by atoms with van der Waals surface area (Å²) in [5.74, 6) is 0. The number of ether oxygens (including phenoxy) is 1. The lowest BCUT2D eigenvalue weighted by atomic mass is 10.1. The summed E-state index contributed by atoms with van der Waals surface area (Å²) in [6.45, 7) is 7.92. The molecule has 1 aliphatic heterocycles. The second-order valence-electron chi connectivity index (χ2n) is 4.15. The van der Waals surface area contributed by atoms with Crippen LogP contribution in [0.4, 0.5) is 0 Å². The van der Waals surface area contributed by atoms with Gasteiger partial charge in [0.15, 0.2) is 0 Å². The lowest BCUT2D eigenvalue weighted by Gasteiger charge is -2.34. The highest BCUT2D eigenvalue weighted by molar-refractivity contribution is 5.04. The van der Waals surface area contributed by atoms with Crippen molar-refractivity contribution in [1.29, 1.82) is 0 Å². The summed E-state index contributed by atoms with van der Waals surface area (Å²) in [4.78, 5) is 2.62. The van der Waals surface area contributed by atoms with E-state index in [1.165, 1.54) is 19.3 Å². The molecule has 2 aliphatic rings. The average molecular weight is 181 g/mol. The molecule has 2 fully saturated rings. The van der Waals surface area contributed by atoms with Crippen LogP contribution in [-0.4, -0.2) is 36.7 Å². The molecule has 0 aromatic heterocycles. The maximum atomic E-state index is 5.37. The topological polar surface area (TPSA) is 12.5 Å². The minimum atomic E-state index is 0.554. The van der Waals surface area contributed by atoms with E-state index >= 15 is 0 Å². The molecule has 2 heteroatoms. The standard InChI is InChI=1S/C11H19NO/c1-2-3-4-11(5-6-11)12-7-9-13-10-8-12/h2H,1,3-10H2. The first-order valence-electron chi connectivity index (χ1n) is 5.31. The van der Waals surface area contributed by atoms with E-state index in [2.05, 4.69) is 11.5 Å². The highest BCUT2D eigenvalue weighted by atomic mass is 16.5. The van der Waals surface area contributed by atoms with Crippen molar-refractivity contribution in [1.82, 2.24) is 4.90 Å². The van der Waals surface area contributed by atoms with Gasteiger partial charge in [0.25, 0.3) is 0 Å². The van der Waals surface area contributed by atoms with Crippen LogP contribution < -0.4 is 0 Å². The predicted molar refractivity (Wildman–Crippen MR) is 53.8 cm³/mol. The number of nitrogens with zero attached hydrogens (tertiary/aromatic N) is 1. The van der Waals surface area contributed by atoms with Crippen molar-refractivity contribution in [2.75, 3.05) is 26.3 Å². The molecule has 2 rings (SSSR count). The van der Waals surface area contributed by atoms with Crippen LogP contribution >= 0.6 is 0 Å². The summed E-state index contributed by atoms with van der Waals surface area (Å²) in [5.41, 5.74) is 0.554. The third-order valence-electron chi connectivity index (χ3n) is 3.32. The van der Waals surface area contributed by atoms with Gasteiger partial charge in [0.05, 0.1) is 13.2 Å². The van der Waals surface area contributed by atoms with E-state index in [9.17, 15) is 0 Å². The third kappa shape index (κ3) is 1.94. The summed E-state index contributed by atoms with van der Waals surface area (Å²) in [5, 5.41) is 0. The van der Waals surface area contributed by atoms with Crippen LogP contribution in [-0.2, 0) is 4.74 Å². The Balaban J connectivity index is 1.86. The molecule has 0 N–H and O–H groups in total. The molecule has 13 heavy (non-hydrogen) atoms. The number of rotatable bonds is 4. The maximum Gasteiger partial charge on any atom is 0.0594 e. The van der Waals surface area contributed by atoms with E-state index in [4.69, 9.17) is 4.74 Å². The molecule has 1 aliphatic carbocycles. The molecule has 74 valence electrons. The van der Waals surface area contributed by atoms with Gasteiger partial charge in [0, 0.05) is 18.6 Å². The lowest BCUT2D eigenvalue weighted by Crippen LogP contribution is -2.45. The Morgan fingerprint density at radius 1 is 1.31 bits per heavy atom. The van der Waals surface area contributed by atoms with E-state index in [1.54, 1.807) is 0 Å². The van der Waals surface area contributed by atoms with Crippen molar-refractivity contribution in [2.45, 2.75) is 31.2 Å². The van der Waals surface area contributed by atoms with Crippen LogP contribution in [0.5, 0.6) is 0 Å². The molecule has 0 radical (unpaired) electrons. The zero-order valence-corrected chi connectivity index (χ0v) is 8.30. The Bertz CT molecular complexity index is 181. The Kier molecular flexibility index (Phi) is 2.70. The van der Waals surface area contributed by atoms with Gasteiger partial charge in [-0.2, -0.15) is 0 Å². The zero-order valence-electron chi connectivity index (χ0n) is 8.30. The largest absolute Gasteiger partial charge is 0.379 e. The van der Waals surface area contributed by atoms with Gasteiger partial charge < -0.3 is 4.74 Å². The molecule has 1 saturated carbocycles. The summed E-state index contributed by atoms with van der Waals surface area (Å²) < 4.78 is 5.37. The van der Waals surface area contributed by atoms with Gasteiger partial charge in [-0.1, -0.05) is 6.08 Å². The minimum absolute atomic E-state index is 0.554. The molecular weight excluding hydrogens is 162 g/mol. The summed E-state index contributed by atoms with van der Waals surface area (Å²) >= 11 is 0. The average Bonchev–Trinajstić information content (AvgIpc) is 2.97. The van der Waals surface area contributed by atoms with Crippen LogP contribution in [0.15, 0.2) is 12.7 Å². The van der Waals surface area contributed by atoms with Crippen LogP contribution in [0.1, 0.15) is 25.7 Å². The van der Waals surface area contributed by atoms with Gasteiger partial charge in [0.2, 0.25) is 0 Å². The van der Waals surface area contributed by atoms with Crippen LogP contribution in [0.25, 0.3) is 0 Å². The normalized spacial score (nSPS) is 27.1. The monoisotopic (exact) mass is 181 g/mol. The SMILES string of the molecule is C=CCCC1(N2CCOCC2)CC1. The second-order valence-corrected chi connectivity index (χ2v) is 4.15. The molecule has 0 aromatic rings. The third-order valence-corrected chi connectivity index (χ3v) is 3.32. The summed E-state index contributed by atoms with van der Waals surface area (Å²) in [7, 11) is 0. The van der Waals surface area contributed by atoms with Gasteiger partial charge in [-0.15, -0.1) is 6.58 Å². The highest BCUT2D eigenvalue weighted by Crippen LogP contribution is 2.45. The molecule has 1 heterocycles. The fourth-order valence-electron chi connectivity index (χ4n) is 2.28.